The summed E-state index contributed by atoms with van der Waals surface area (Å²) in [7, 11) is 0. The zero-order valence-electron chi connectivity index (χ0n) is 7.65. The largest absolute Gasteiger partial charge is 0.481 e. The third-order valence-electron chi connectivity index (χ3n) is 2.63. The molecule has 0 amide bonds. The Morgan fingerprint density at radius 3 is 2.00 bits per heavy atom. The molecule has 0 radical (unpaired) electrons. The Morgan fingerprint density at radius 1 is 1.21 bits per heavy atom. The minimum Gasteiger partial charge on any atom is -0.481 e. The number of rotatable bonds is 4. The molecule has 1 rings (SSSR count). The van der Waals surface area contributed by atoms with E-state index in [-0.39, 0.29) is 18.6 Å². The van der Waals surface area contributed by atoms with E-state index in [2.05, 4.69) is 0 Å². The molecule has 0 heterocycles. The van der Waals surface area contributed by atoms with E-state index in [0.717, 1.165) is 0 Å². The van der Waals surface area contributed by atoms with Gasteiger partial charge in [0, 0.05) is 11.8 Å². The van der Waals surface area contributed by atoms with Gasteiger partial charge in [-0.2, -0.15) is 0 Å². The molecule has 5 heteroatoms. The average Bonchev–Trinajstić information content (AvgIpc) is 2.29. The molecule has 0 aromatic carbocycles. The van der Waals surface area contributed by atoms with E-state index >= 15 is 0 Å². The number of Topliss-reactive ketones (excluding diaryl/α,β-unsaturated/α-hetero) is 1. The minimum absolute atomic E-state index is 0.220. The molecule has 5 nitrogen and oxygen atoms in total. The fourth-order valence-corrected chi connectivity index (χ4v) is 2.01. The summed E-state index contributed by atoms with van der Waals surface area (Å²) in [6, 6.07) is 0. The van der Waals surface area contributed by atoms with E-state index in [1.807, 2.05) is 0 Å². The van der Waals surface area contributed by atoms with Crippen LogP contribution in [0.1, 0.15) is 32.1 Å². The number of aliphatic carboxylic acids is 2. The van der Waals surface area contributed by atoms with Crippen molar-refractivity contribution in [2.75, 3.05) is 0 Å². The molecular weight excluding hydrogens is 188 g/mol. The summed E-state index contributed by atoms with van der Waals surface area (Å²) in [4.78, 5) is 32.5. The van der Waals surface area contributed by atoms with Crippen LogP contribution in [-0.4, -0.2) is 27.9 Å². The van der Waals surface area contributed by atoms with Crippen molar-refractivity contribution in [3.63, 3.8) is 0 Å². The summed E-state index contributed by atoms with van der Waals surface area (Å²) in [6.07, 6.45) is 0.556. The summed E-state index contributed by atoms with van der Waals surface area (Å²) < 4.78 is 0. The van der Waals surface area contributed by atoms with Crippen LogP contribution in [0.5, 0.6) is 0 Å². The summed E-state index contributed by atoms with van der Waals surface area (Å²) in [5.41, 5.74) is -1.14. The Hall–Kier alpha value is -1.39. The van der Waals surface area contributed by atoms with Crippen LogP contribution in [0.25, 0.3) is 0 Å². The molecule has 1 aliphatic carbocycles. The van der Waals surface area contributed by atoms with Gasteiger partial charge in [0.2, 0.25) is 0 Å². The number of carboxylic acid groups (broad SMARTS) is 2. The molecule has 0 aromatic heterocycles. The van der Waals surface area contributed by atoms with Crippen LogP contribution in [0.2, 0.25) is 0 Å². The predicted molar refractivity (Wildman–Crippen MR) is 45.8 cm³/mol. The highest BCUT2D eigenvalue weighted by Gasteiger charge is 2.45. The highest BCUT2D eigenvalue weighted by atomic mass is 16.4. The minimum atomic E-state index is -1.14. The third-order valence-corrected chi connectivity index (χ3v) is 2.63. The molecule has 0 spiro atoms. The number of hydrogen-bond donors (Lipinski definition) is 2. The second kappa shape index (κ2) is 3.77. The van der Waals surface area contributed by atoms with Crippen LogP contribution in [0.15, 0.2) is 0 Å². The molecule has 0 unspecified atom stereocenters. The lowest BCUT2D eigenvalue weighted by Gasteiger charge is -2.22. The highest BCUT2D eigenvalue weighted by Crippen LogP contribution is 2.41. The van der Waals surface area contributed by atoms with Gasteiger partial charge in [-0.25, -0.2) is 0 Å². The molecule has 2 N–H and O–H groups in total. The first kappa shape index (κ1) is 10.7. The number of ketones is 1. The molecule has 1 saturated carbocycles. The SMILES string of the molecule is O=C(O)CC1(CC(=O)O)CCCC1=O. The smallest absolute Gasteiger partial charge is 0.304 e. The van der Waals surface area contributed by atoms with Crippen LogP contribution in [0, 0.1) is 5.41 Å². The van der Waals surface area contributed by atoms with Crippen molar-refractivity contribution >= 4 is 17.7 Å². The second-order valence-electron chi connectivity index (χ2n) is 3.70. The van der Waals surface area contributed by atoms with E-state index in [0.29, 0.717) is 19.3 Å². The predicted octanol–water partition coefficient (Wildman–Crippen LogP) is 0.675. The van der Waals surface area contributed by atoms with Gasteiger partial charge in [0.25, 0.3) is 0 Å². The first-order valence-electron chi connectivity index (χ1n) is 4.43. The van der Waals surface area contributed by atoms with Gasteiger partial charge in [0.05, 0.1) is 12.8 Å². The van der Waals surface area contributed by atoms with Gasteiger partial charge in [-0.3, -0.25) is 14.4 Å². The lowest BCUT2D eigenvalue weighted by atomic mass is 9.79. The van der Waals surface area contributed by atoms with Gasteiger partial charge >= 0.3 is 11.9 Å². The monoisotopic (exact) mass is 200 g/mol. The molecule has 14 heavy (non-hydrogen) atoms. The van der Waals surface area contributed by atoms with E-state index in [9.17, 15) is 14.4 Å². The van der Waals surface area contributed by atoms with Crippen LogP contribution in [0.3, 0.4) is 0 Å². The highest BCUT2D eigenvalue weighted by molar-refractivity contribution is 5.93. The number of carbonyl (C=O) groups is 3. The Balaban J connectivity index is 2.83. The van der Waals surface area contributed by atoms with Gasteiger partial charge in [0.15, 0.2) is 0 Å². The molecule has 0 aliphatic heterocycles. The first-order valence-corrected chi connectivity index (χ1v) is 4.43. The normalized spacial score (nSPS) is 19.6. The molecule has 78 valence electrons. The van der Waals surface area contributed by atoms with E-state index in [4.69, 9.17) is 10.2 Å². The molecule has 0 atom stereocenters. The van der Waals surface area contributed by atoms with Gasteiger partial charge in [-0.1, -0.05) is 0 Å². The van der Waals surface area contributed by atoms with Crippen molar-refractivity contribution in [2.24, 2.45) is 5.41 Å². The van der Waals surface area contributed by atoms with Crippen LogP contribution >= 0.6 is 0 Å². The maximum atomic E-state index is 11.4. The lowest BCUT2D eigenvalue weighted by Crippen LogP contribution is -2.31. The molecule has 0 bridgehead atoms. The maximum Gasteiger partial charge on any atom is 0.304 e. The summed E-state index contributed by atoms with van der Waals surface area (Å²) in [5.74, 6) is -2.44. The van der Waals surface area contributed by atoms with Crippen LogP contribution < -0.4 is 0 Å². The second-order valence-corrected chi connectivity index (χ2v) is 3.70. The van der Waals surface area contributed by atoms with Crippen molar-refractivity contribution in [3.05, 3.63) is 0 Å². The Bertz CT molecular complexity index is 265. The Morgan fingerprint density at radius 2 is 1.71 bits per heavy atom. The first-order chi connectivity index (χ1) is 6.46. The topological polar surface area (TPSA) is 91.7 Å². The van der Waals surface area contributed by atoms with Crippen molar-refractivity contribution in [1.82, 2.24) is 0 Å². The third kappa shape index (κ3) is 2.10. The van der Waals surface area contributed by atoms with Gasteiger partial charge in [0.1, 0.15) is 5.78 Å². The van der Waals surface area contributed by atoms with Crippen molar-refractivity contribution in [2.45, 2.75) is 32.1 Å². The zero-order chi connectivity index (χ0) is 10.8. The number of carbonyl (C=O) groups excluding carboxylic acids is 1. The van der Waals surface area contributed by atoms with E-state index < -0.39 is 17.4 Å². The van der Waals surface area contributed by atoms with E-state index in [1.165, 1.54) is 0 Å². The Labute approximate surface area is 80.7 Å². The van der Waals surface area contributed by atoms with Crippen LogP contribution in [-0.2, 0) is 14.4 Å². The van der Waals surface area contributed by atoms with E-state index in [1.54, 1.807) is 0 Å². The lowest BCUT2D eigenvalue weighted by molar-refractivity contribution is -0.148. The molecule has 1 fully saturated rings. The van der Waals surface area contributed by atoms with Gasteiger partial charge in [-0.15, -0.1) is 0 Å². The fourth-order valence-electron chi connectivity index (χ4n) is 2.01. The molecule has 1 aliphatic rings. The van der Waals surface area contributed by atoms with Crippen molar-refractivity contribution < 1.29 is 24.6 Å². The summed E-state index contributed by atoms with van der Waals surface area (Å²) in [6.45, 7) is 0. The Kier molecular flexibility index (Phi) is 2.88. The van der Waals surface area contributed by atoms with Gasteiger partial charge in [-0.05, 0) is 12.8 Å². The summed E-state index contributed by atoms with van der Waals surface area (Å²) >= 11 is 0. The summed E-state index contributed by atoms with van der Waals surface area (Å²) in [5, 5.41) is 17.2. The quantitative estimate of drug-likeness (QED) is 0.696. The van der Waals surface area contributed by atoms with Crippen molar-refractivity contribution in [3.8, 4) is 0 Å². The zero-order valence-corrected chi connectivity index (χ0v) is 7.65. The number of hydrogen-bond acceptors (Lipinski definition) is 3. The fraction of sp³-hybridized carbons (Fsp3) is 0.667. The maximum absolute atomic E-state index is 11.4. The molecule has 0 aromatic rings. The van der Waals surface area contributed by atoms with Crippen molar-refractivity contribution in [1.29, 1.82) is 0 Å². The average molecular weight is 200 g/mol. The number of carboxylic acids is 2. The van der Waals surface area contributed by atoms with Crippen LogP contribution in [0.4, 0.5) is 0 Å². The standard InChI is InChI=1S/C9H12O5/c10-6-2-1-3-9(6,4-7(11)12)5-8(13)14/h1-5H2,(H,11,12)(H,13,14). The molecule has 0 saturated heterocycles. The van der Waals surface area contributed by atoms with Gasteiger partial charge < -0.3 is 10.2 Å². The molecular formula is C9H12O5.